The van der Waals surface area contributed by atoms with Crippen LogP contribution in [0.25, 0.3) is 5.65 Å². The number of hydrogen-bond donors (Lipinski definition) is 0. The van der Waals surface area contributed by atoms with Crippen LogP contribution in [0.5, 0.6) is 0 Å². The van der Waals surface area contributed by atoms with Crippen molar-refractivity contribution in [1.82, 2.24) is 24.1 Å². The molecule has 0 aliphatic carbocycles. The van der Waals surface area contributed by atoms with Crippen molar-refractivity contribution in [2.24, 2.45) is 0 Å². The average molecular weight is 252 g/mol. The minimum absolute atomic E-state index is 0.0949. The predicted molar refractivity (Wildman–Crippen MR) is 65.3 cm³/mol. The van der Waals surface area contributed by atoms with E-state index in [1.54, 1.807) is 18.3 Å². The molecule has 0 aromatic carbocycles. The number of nitrogens with zero attached hydrogens (tertiary/aromatic N) is 6. The molecule has 0 saturated carbocycles. The van der Waals surface area contributed by atoms with Gasteiger partial charge in [-0.1, -0.05) is 6.07 Å². The minimum Gasteiger partial charge on any atom is -0.269 e. The highest BCUT2D eigenvalue weighted by Gasteiger charge is 2.04. The molecule has 0 radical (unpaired) electrons. The van der Waals surface area contributed by atoms with E-state index in [9.17, 15) is 4.79 Å². The van der Waals surface area contributed by atoms with E-state index < -0.39 is 0 Å². The van der Waals surface area contributed by atoms with Crippen LogP contribution < -0.4 is 5.56 Å². The smallest absolute Gasteiger partial charge is 0.258 e. The Labute approximate surface area is 107 Å². The zero-order valence-corrected chi connectivity index (χ0v) is 9.76. The molecule has 0 fully saturated rings. The maximum Gasteiger partial charge on any atom is 0.258 e. The molecular formula is C12H8N6O. The summed E-state index contributed by atoms with van der Waals surface area (Å²) in [6, 6.07) is 8.63. The zero-order valence-electron chi connectivity index (χ0n) is 9.76. The van der Waals surface area contributed by atoms with Crippen molar-refractivity contribution in [3.05, 3.63) is 58.7 Å². The first-order valence-electron chi connectivity index (χ1n) is 5.53. The van der Waals surface area contributed by atoms with E-state index in [1.165, 1.54) is 21.5 Å². The first-order chi connectivity index (χ1) is 9.26. The average Bonchev–Trinajstić information content (AvgIpc) is 2.86. The fourth-order valence-electron chi connectivity index (χ4n) is 1.77. The summed E-state index contributed by atoms with van der Waals surface area (Å²) in [5.41, 5.74) is 0.998. The molecule has 0 amide bonds. The molecule has 3 aromatic rings. The second kappa shape index (κ2) is 4.34. The summed E-state index contributed by atoms with van der Waals surface area (Å²) in [6.45, 7) is 0.301. The van der Waals surface area contributed by atoms with Crippen molar-refractivity contribution < 1.29 is 0 Å². The minimum atomic E-state index is -0.152. The van der Waals surface area contributed by atoms with Gasteiger partial charge in [0.25, 0.3) is 11.4 Å². The molecule has 3 aromatic heterocycles. The molecule has 0 bridgehead atoms. The van der Waals surface area contributed by atoms with Crippen LogP contribution in [0.1, 0.15) is 11.5 Å². The fraction of sp³-hybridized carbons (Fsp3) is 0.0833. The van der Waals surface area contributed by atoms with Crippen LogP contribution in [0.4, 0.5) is 0 Å². The molecule has 0 atom stereocenters. The van der Waals surface area contributed by atoms with Crippen LogP contribution in [-0.2, 0) is 6.54 Å². The van der Waals surface area contributed by atoms with Gasteiger partial charge in [0, 0.05) is 12.3 Å². The molecule has 0 aliphatic heterocycles. The molecule has 3 heterocycles. The van der Waals surface area contributed by atoms with Gasteiger partial charge in [-0.3, -0.25) is 9.20 Å². The zero-order chi connectivity index (χ0) is 13.2. The Kier molecular flexibility index (Phi) is 2.54. The van der Waals surface area contributed by atoms with E-state index in [0.717, 1.165) is 0 Å². The van der Waals surface area contributed by atoms with Crippen LogP contribution >= 0.6 is 0 Å². The van der Waals surface area contributed by atoms with Crippen LogP contribution in [0.2, 0.25) is 0 Å². The first kappa shape index (κ1) is 11.1. The van der Waals surface area contributed by atoms with Crippen LogP contribution in [0, 0.1) is 11.3 Å². The van der Waals surface area contributed by atoms with Crippen molar-refractivity contribution >= 4 is 5.65 Å². The lowest BCUT2D eigenvalue weighted by Gasteiger charge is -2.03. The molecule has 7 heteroatoms. The molecule has 0 saturated heterocycles. The van der Waals surface area contributed by atoms with Gasteiger partial charge in [-0.2, -0.15) is 5.26 Å². The van der Waals surface area contributed by atoms with Crippen molar-refractivity contribution in [2.75, 3.05) is 0 Å². The Morgan fingerprint density at radius 3 is 3.05 bits per heavy atom. The summed E-state index contributed by atoms with van der Waals surface area (Å²) in [7, 11) is 0. The number of pyridine rings is 1. The number of fused-ring (bicyclic) bond motifs is 1. The highest BCUT2D eigenvalue weighted by Crippen LogP contribution is 2.00. The molecule has 0 spiro atoms. The molecule has 0 N–H and O–H groups in total. The van der Waals surface area contributed by atoms with Crippen molar-refractivity contribution in [3.63, 3.8) is 0 Å². The molecule has 0 unspecified atom stereocenters. The molecule has 3 rings (SSSR count). The Morgan fingerprint density at radius 2 is 2.26 bits per heavy atom. The van der Waals surface area contributed by atoms with Gasteiger partial charge in [0.2, 0.25) is 0 Å². The Bertz CT molecular complexity index is 841. The van der Waals surface area contributed by atoms with Gasteiger partial charge in [0.05, 0.1) is 12.2 Å². The van der Waals surface area contributed by atoms with Crippen molar-refractivity contribution in [1.29, 1.82) is 5.26 Å². The summed E-state index contributed by atoms with van der Waals surface area (Å²) in [4.78, 5) is 20.0. The third-order valence-corrected chi connectivity index (χ3v) is 2.58. The third kappa shape index (κ3) is 2.07. The highest BCUT2D eigenvalue weighted by molar-refractivity contribution is 5.37. The monoisotopic (exact) mass is 252 g/mol. The first-order valence-corrected chi connectivity index (χ1v) is 5.53. The summed E-state index contributed by atoms with van der Waals surface area (Å²) in [5.74, 6) is 0.0949. The van der Waals surface area contributed by atoms with Gasteiger partial charge >= 0.3 is 0 Å². The van der Waals surface area contributed by atoms with Crippen molar-refractivity contribution in [2.45, 2.75) is 6.54 Å². The Balaban J connectivity index is 2.02. The van der Waals surface area contributed by atoms with Gasteiger partial charge in [0.1, 0.15) is 18.0 Å². The maximum absolute atomic E-state index is 11.9. The summed E-state index contributed by atoms with van der Waals surface area (Å²) < 4.78 is 2.94. The lowest BCUT2D eigenvalue weighted by molar-refractivity contribution is 0.667. The highest BCUT2D eigenvalue weighted by atomic mass is 16.1. The molecule has 7 nitrogen and oxygen atoms in total. The summed E-state index contributed by atoms with van der Waals surface area (Å²) in [6.07, 6.45) is 3.10. The van der Waals surface area contributed by atoms with Gasteiger partial charge in [-0.05, 0) is 12.1 Å². The lowest BCUT2D eigenvalue weighted by atomic mass is 10.3. The van der Waals surface area contributed by atoms with Gasteiger partial charge in [-0.25, -0.2) is 14.6 Å². The fourth-order valence-corrected chi connectivity index (χ4v) is 1.77. The topological polar surface area (TPSA) is 88.9 Å². The number of aromatic nitrogens is 5. The largest absolute Gasteiger partial charge is 0.269 e. The Morgan fingerprint density at radius 1 is 1.37 bits per heavy atom. The lowest BCUT2D eigenvalue weighted by Crippen LogP contribution is -2.16. The summed E-state index contributed by atoms with van der Waals surface area (Å²) in [5, 5.41) is 12.6. The predicted octanol–water partition coefficient (Wildman–Crippen LogP) is 0.206. The molecule has 0 aliphatic rings. The quantitative estimate of drug-likeness (QED) is 0.650. The van der Waals surface area contributed by atoms with Gasteiger partial charge in [0.15, 0.2) is 0 Å². The molecular weight excluding hydrogens is 244 g/mol. The van der Waals surface area contributed by atoms with E-state index in [2.05, 4.69) is 15.1 Å². The number of nitriles is 1. The van der Waals surface area contributed by atoms with Crippen LogP contribution in [0.3, 0.4) is 0 Å². The van der Waals surface area contributed by atoms with E-state index in [1.807, 2.05) is 12.1 Å². The van der Waals surface area contributed by atoms with E-state index in [-0.39, 0.29) is 11.4 Å². The Hall–Kier alpha value is -3.01. The number of rotatable bonds is 2. The van der Waals surface area contributed by atoms with Crippen LogP contribution in [0.15, 0.2) is 41.6 Å². The second-order valence-corrected chi connectivity index (χ2v) is 3.89. The standard InChI is InChI=1S/C12H8N6O/c13-6-10-14-8-17(16-10)7-9-5-12(19)18-4-2-1-3-11(18)15-9/h1-5,8H,7H2. The van der Waals surface area contributed by atoms with E-state index in [0.29, 0.717) is 17.9 Å². The van der Waals surface area contributed by atoms with Gasteiger partial charge in [-0.15, -0.1) is 5.10 Å². The van der Waals surface area contributed by atoms with Crippen LogP contribution in [-0.4, -0.2) is 24.1 Å². The number of hydrogen-bond acceptors (Lipinski definition) is 5. The molecule has 92 valence electrons. The van der Waals surface area contributed by atoms with Crippen molar-refractivity contribution in [3.8, 4) is 6.07 Å². The SMILES string of the molecule is N#Cc1ncn(Cc2cc(=O)n3ccccc3n2)n1. The normalized spacial score (nSPS) is 10.5. The van der Waals surface area contributed by atoms with E-state index >= 15 is 0 Å². The van der Waals surface area contributed by atoms with Gasteiger partial charge < -0.3 is 0 Å². The maximum atomic E-state index is 11.9. The van der Waals surface area contributed by atoms with E-state index in [4.69, 9.17) is 5.26 Å². The molecule has 19 heavy (non-hydrogen) atoms. The summed E-state index contributed by atoms with van der Waals surface area (Å²) >= 11 is 0. The second-order valence-electron chi connectivity index (χ2n) is 3.89. The third-order valence-electron chi connectivity index (χ3n) is 2.58.